The van der Waals surface area contributed by atoms with Crippen LogP contribution in [-0.4, -0.2) is 38.1 Å². The number of benzene rings is 1. The molecule has 1 fully saturated rings. The van der Waals surface area contributed by atoms with E-state index in [4.69, 9.17) is 0 Å². The van der Waals surface area contributed by atoms with Gasteiger partial charge in [-0.1, -0.05) is 36.8 Å². The topological polar surface area (TPSA) is 36.4 Å². The highest BCUT2D eigenvalue weighted by atomic mass is 127. The first-order chi connectivity index (χ1) is 9.80. The molecule has 0 amide bonds. The van der Waals surface area contributed by atoms with Gasteiger partial charge in [0.15, 0.2) is 5.96 Å². The minimum atomic E-state index is 0. The van der Waals surface area contributed by atoms with Crippen LogP contribution in [0.15, 0.2) is 35.3 Å². The van der Waals surface area contributed by atoms with Gasteiger partial charge in [-0.2, -0.15) is 11.8 Å². The molecule has 1 aliphatic carbocycles. The second-order valence-corrected chi connectivity index (χ2v) is 6.33. The van der Waals surface area contributed by atoms with Gasteiger partial charge in [0.1, 0.15) is 0 Å². The maximum atomic E-state index is 4.30. The fourth-order valence-corrected chi connectivity index (χ4v) is 3.01. The Hall–Kier alpha value is -0.430. The number of aliphatic imine (C=N–C) groups is 1. The Labute approximate surface area is 149 Å². The number of nitrogens with one attached hydrogen (secondary N) is 2. The molecule has 0 atom stereocenters. The van der Waals surface area contributed by atoms with E-state index in [0.717, 1.165) is 24.8 Å². The van der Waals surface area contributed by atoms with E-state index < -0.39 is 0 Å². The fourth-order valence-electron chi connectivity index (χ4n) is 2.71. The molecule has 118 valence electrons. The molecular weight excluding hydrogens is 393 g/mol. The lowest BCUT2D eigenvalue weighted by Gasteiger charge is -2.43. The summed E-state index contributed by atoms with van der Waals surface area (Å²) in [5.74, 6) is 2.02. The van der Waals surface area contributed by atoms with Crippen LogP contribution in [0.25, 0.3) is 0 Å². The first-order valence-corrected chi connectivity index (χ1v) is 8.69. The van der Waals surface area contributed by atoms with E-state index in [9.17, 15) is 0 Å². The number of nitrogens with zero attached hydrogens (tertiary/aromatic N) is 1. The molecule has 21 heavy (non-hydrogen) atoms. The van der Waals surface area contributed by atoms with Crippen molar-refractivity contribution in [3.05, 3.63) is 35.9 Å². The summed E-state index contributed by atoms with van der Waals surface area (Å²) in [5, 5.41) is 6.86. The Bertz CT molecular complexity index is 432. The molecular formula is C16H26IN3S. The second kappa shape index (κ2) is 9.56. The first kappa shape index (κ1) is 18.6. The van der Waals surface area contributed by atoms with Gasteiger partial charge in [-0.15, -0.1) is 24.0 Å². The molecule has 0 unspecified atom stereocenters. The van der Waals surface area contributed by atoms with Gasteiger partial charge >= 0.3 is 0 Å². The molecule has 0 aliphatic heterocycles. The molecule has 2 N–H and O–H groups in total. The zero-order valence-corrected chi connectivity index (χ0v) is 16.0. The van der Waals surface area contributed by atoms with E-state index in [-0.39, 0.29) is 24.0 Å². The van der Waals surface area contributed by atoms with Crippen molar-refractivity contribution in [2.24, 2.45) is 4.99 Å². The van der Waals surface area contributed by atoms with Gasteiger partial charge in [0.25, 0.3) is 0 Å². The first-order valence-electron chi connectivity index (χ1n) is 7.30. The Morgan fingerprint density at radius 2 is 1.95 bits per heavy atom. The summed E-state index contributed by atoms with van der Waals surface area (Å²) in [6, 6.07) is 10.9. The maximum Gasteiger partial charge on any atom is 0.191 e. The Morgan fingerprint density at radius 1 is 1.24 bits per heavy atom. The molecule has 0 radical (unpaired) electrons. The second-order valence-electron chi connectivity index (χ2n) is 5.35. The minimum Gasteiger partial charge on any atom is -0.356 e. The van der Waals surface area contributed by atoms with Gasteiger partial charge in [-0.3, -0.25) is 4.99 Å². The summed E-state index contributed by atoms with van der Waals surface area (Å²) in [4.78, 5) is 4.30. The van der Waals surface area contributed by atoms with Crippen LogP contribution in [0.4, 0.5) is 0 Å². The highest BCUT2D eigenvalue weighted by Crippen LogP contribution is 2.43. The molecule has 1 saturated carbocycles. The van der Waals surface area contributed by atoms with E-state index in [0.29, 0.717) is 5.41 Å². The van der Waals surface area contributed by atoms with E-state index in [2.05, 4.69) is 52.2 Å². The lowest BCUT2D eigenvalue weighted by Crippen LogP contribution is -2.49. The molecule has 1 aromatic rings. The van der Waals surface area contributed by atoms with Crippen molar-refractivity contribution >= 4 is 41.7 Å². The van der Waals surface area contributed by atoms with Crippen molar-refractivity contribution in [3.8, 4) is 0 Å². The van der Waals surface area contributed by atoms with E-state index in [1.165, 1.54) is 24.8 Å². The lowest BCUT2D eigenvalue weighted by atomic mass is 9.64. The van der Waals surface area contributed by atoms with Gasteiger partial charge < -0.3 is 10.6 Å². The summed E-state index contributed by atoms with van der Waals surface area (Å²) < 4.78 is 0. The zero-order chi connectivity index (χ0) is 14.3. The molecule has 2 rings (SSSR count). The third kappa shape index (κ3) is 5.06. The Balaban J connectivity index is 0.00000220. The van der Waals surface area contributed by atoms with Crippen LogP contribution in [0.2, 0.25) is 0 Å². The smallest absolute Gasteiger partial charge is 0.191 e. The molecule has 0 spiro atoms. The Kier molecular flexibility index (Phi) is 8.48. The van der Waals surface area contributed by atoms with Gasteiger partial charge in [-0.25, -0.2) is 0 Å². The highest BCUT2D eigenvalue weighted by molar-refractivity contribution is 14.0. The molecule has 3 nitrogen and oxygen atoms in total. The molecule has 0 saturated heterocycles. The van der Waals surface area contributed by atoms with Gasteiger partial charge in [0, 0.05) is 31.3 Å². The van der Waals surface area contributed by atoms with Crippen LogP contribution in [0.3, 0.4) is 0 Å². The maximum absolute atomic E-state index is 4.30. The molecule has 0 bridgehead atoms. The van der Waals surface area contributed by atoms with Crippen molar-refractivity contribution in [1.82, 2.24) is 10.6 Å². The third-order valence-corrected chi connectivity index (χ3v) is 4.73. The van der Waals surface area contributed by atoms with Crippen LogP contribution >= 0.6 is 35.7 Å². The SMILES string of the molecule is CN=C(NCCSC)NCC1(c2ccccc2)CCC1.I. The number of guanidine groups is 1. The molecule has 1 aliphatic rings. The molecule has 5 heteroatoms. The number of thioether (sulfide) groups is 1. The number of hydrogen-bond acceptors (Lipinski definition) is 2. The largest absolute Gasteiger partial charge is 0.356 e. The van der Waals surface area contributed by atoms with Crippen LogP contribution in [0.5, 0.6) is 0 Å². The lowest BCUT2D eigenvalue weighted by molar-refractivity contribution is 0.244. The number of rotatable bonds is 6. The van der Waals surface area contributed by atoms with Crippen LogP contribution < -0.4 is 10.6 Å². The average Bonchev–Trinajstić information content (AvgIpc) is 2.45. The minimum absolute atomic E-state index is 0. The van der Waals surface area contributed by atoms with Crippen molar-refractivity contribution in [2.75, 3.05) is 32.1 Å². The summed E-state index contributed by atoms with van der Waals surface area (Å²) in [6.07, 6.45) is 5.99. The predicted octanol–water partition coefficient (Wildman–Crippen LogP) is 3.25. The van der Waals surface area contributed by atoms with Gasteiger partial charge in [0.2, 0.25) is 0 Å². The number of hydrogen-bond donors (Lipinski definition) is 2. The fraction of sp³-hybridized carbons (Fsp3) is 0.562. The predicted molar refractivity (Wildman–Crippen MR) is 105 cm³/mol. The zero-order valence-electron chi connectivity index (χ0n) is 12.9. The Morgan fingerprint density at radius 3 is 2.48 bits per heavy atom. The van der Waals surface area contributed by atoms with Gasteiger partial charge in [0.05, 0.1) is 0 Å². The van der Waals surface area contributed by atoms with E-state index in [1.54, 1.807) is 0 Å². The third-order valence-electron chi connectivity index (χ3n) is 4.11. The van der Waals surface area contributed by atoms with Gasteiger partial charge in [-0.05, 0) is 24.7 Å². The van der Waals surface area contributed by atoms with Crippen molar-refractivity contribution in [3.63, 3.8) is 0 Å². The van der Waals surface area contributed by atoms with Crippen molar-refractivity contribution in [1.29, 1.82) is 0 Å². The number of halogens is 1. The van der Waals surface area contributed by atoms with Crippen LogP contribution in [0, 0.1) is 0 Å². The summed E-state index contributed by atoms with van der Waals surface area (Å²) in [6.45, 7) is 1.93. The monoisotopic (exact) mass is 419 g/mol. The summed E-state index contributed by atoms with van der Waals surface area (Å²) >= 11 is 1.85. The van der Waals surface area contributed by atoms with Crippen LogP contribution in [0.1, 0.15) is 24.8 Å². The van der Waals surface area contributed by atoms with E-state index >= 15 is 0 Å². The summed E-state index contributed by atoms with van der Waals surface area (Å²) in [7, 11) is 1.84. The quantitative estimate of drug-likeness (QED) is 0.322. The van der Waals surface area contributed by atoms with Crippen LogP contribution in [-0.2, 0) is 5.41 Å². The average molecular weight is 419 g/mol. The summed E-state index contributed by atoms with van der Waals surface area (Å²) in [5.41, 5.74) is 1.76. The van der Waals surface area contributed by atoms with Crippen molar-refractivity contribution in [2.45, 2.75) is 24.7 Å². The van der Waals surface area contributed by atoms with Crippen molar-refractivity contribution < 1.29 is 0 Å². The standard InChI is InChI=1S/C16H25N3S.HI/c1-17-15(18-11-12-20-2)19-13-16(9-6-10-16)14-7-4-3-5-8-14;/h3-5,7-8H,6,9-13H2,1-2H3,(H2,17,18,19);1H. The van der Waals surface area contributed by atoms with E-state index in [1.807, 2.05) is 18.8 Å². The normalized spacial score (nSPS) is 16.6. The molecule has 0 aromatic heterocycles. The highest BCUT2D eigenvalue weighted by Gasteiger charge is 2.38. The molecule has 1 aromatic carbocycles. The molecule has 0 heterocycles.